The number of hydrogen-bond acceptors (Lipinski definition) is 2. The Balaban J connectivity index is 2.21. The van der Waals surface area contributed by atoms with Crippen LogP contribution in [0.4, 0.5) is 0 Å². The fourth-order valence-corrected chi connectivity index (χ4v) is 2.27. The topological polar surface area (TPSA) is 12.5 Å². The third kappa shape index (κ3) is 1.71. The van der Waals surface area contributed by atoms with Gasteiger partial charge < -0.3 is 4.74 Å². The van der Waals surface area contributed by atoms with Crippen LogP contribution in [0.3, 0.4) is 0 Å². The maximum Gasteiger partial charge on any atom is 0.174 e. The van der Waals surface area contributed by atoms with E-state index in [-0.39, 0.29) is 6.23 Å². The molecular formula is C12H19NO. The lowest BCUT2D eigenvalue weighted by Gasteiger charge is -2.33. The van der Waals surface area contributed by atoms with Crippen LogP contribution in [0, 0.1) is 0 Å². The smallest absolute Gasteiger partial charge is 0.174 e. The van der Waals surface area contributed by atoms with E-state index in [4.69, 9.17) is 4.74 Å². The first-order valence-electron chi connectivity index (χ1n) is 5.42. The molecule has 1 aliphatic carbocycles. The van der Waals surface area contributed by atoms with Gasteiger partial charge >= 0.3 is 0 Å². The first-order valence-corrected chi connectivity index (χ1v) is 5.42. The van der Waals surface area contributed by atoms with Crippen molar-refractivity contribution in [2.24, 2.45) is 0 Å². The molecule has 0 aromatic heterocycles. The number of nitrogens with zero attached hydrogens (tertiary/aromatic N) is 1. The first kappa shape index (κ1) is 9.78. The molecule has 2 heteroatoms. The van der Waals surface area contributed by atoms with Crippen molar-refractivity contribution in [3.05, 3.63) is 23.0 Å². The standard InChI is InChI=1S/C12H19NO/c1-9-8-10-6-4-5-7-11(10)14-12(9)13(2)3/h8,12H,4-7H2,1-3H3. The maximum absolute atomic E-state index is 6.00. The van der Waals surface area contributed by atoms with Gasteiger partial charge in [-0.3, -0.25) is 4.90 Å². The number of likely N-dealkylation sites (N-methyl/N-ethyl adjacent to an activating group) is 1. The summed E-state index contributed by atoms with van der Waals surface area (Å²) in [4.78, 5) is 2.13. The van der Waals surface area contributed by atoms with Crippen LogP contribution in [0.25, 0.3) is 0 Å². The minimum atomic E-state index is 0.159. The van der Waals surface area contributed by atoms with Crippen LogP contribution in [0.5, 0.6) is 0 Å². The summed E-state index contributed by atoms with van der Waals surface area (Å²) in [6.45, 7) is 2.16. The summed E-state index contributed by atoms with van der Waals surface area (Å²) >= 11 is 0. The van der Waals surface area contributed by atoms with Gasteiger partial charge in [0.2, 0.25) is 0 Å². The molecule has 78 valence electrons. The molecule has 2 nitrogen and oxygen atoms in total. The minimum Gasteiger partial charge on any atom is -0.475 e. The number of hydrogen-bond donors (Lipinski definition) is 0. The lowest BCUT2D eigenvalue weighted by molar-refractivity contribution is 0.0234. The minimum absolute atomic E-state index is 0.159. The summed E-state index contributed by atoms with van der Waals surface area (Å²) in [5.74, 6) is 1.24. The third-order valence-electron chi connectivity index (χ3n) is 2.97. The molecule has 14 heavy (non-hydrogen) atoms. The van der Waals surface area contributed by atoms with Crippen LogP contribution in [0.1, 0.15) is 32.6 Å². The average Bonchev–Trinajstić information content (AvgIpc) is 2.16. The number of allylic oxidation sites excluding steroid dienone is 3. The summed E-state index contributed by atoms with van der Waals surface area (Å²) < 4.78 is 6.00. The Bertz CT molecular complexity index is 289. The molecule has 2 aliphatic rings. The fraction of sp³-hybridized carbons (Fsp3) is 0.667. The van der Waals surface area contributed by atoms with Gasteiger partial charge in [0.05, 0.1) is 0 Å². The Morgan fingerprint density at radius 2 is 2.00 bits per heavy atom. The lowest BCUT2D eigenvalue weighted by atomic mass is 9.94. The van der Waals surface area contributed by atoms with Crippen molar-refractivity contribution in [3.63, 3.8) is 0 Å². The van der Waals surface area contributed by atoms with E-state index in [2.05, 4.69) is 32.0 Å². The predicted octanol–water partition coefficient (Wildman–Crippen LogP) is 2.68. The second kappa shape index (κ2) is 3.77. The van der Waals surface area contributed by atoms with Crippen molar-refractivity contribution >= 4 is 0 Å². The summed E-state index contributed by atoms with van der Waals surface area (Å²) in [5, 5.41) is 0. The van der Waals surface area contributed by atoms with Crippen molar-refractivity contribution in [2.45, 2.75) is 38.8 Å². The largest absolute Gasteiger partial charge is 0.475 e. The molecule has 0 N–H and O–H groups in total. The van der Waals surface area contributed by atoms with Gasteiger partial charge in [-0.25, -0.2) is 0 Å². The van der Waals surface area contributed by atoms with Gasteiger partial charge in [0, 0.05) is 6.42 Å². The van der Waals surface area contributed by atoms with Gasteiger partial charge in [0.25, 0.3) is 0 Å². The molecule has 0 fully saturated rings. The highest BCUT2D eigenvalue weighted by Crippen LogP contribution is 2.33. The van der Waals surface area contributed by atoms with Crippen molar-refractivity contribution in [2.75, 3.05) is 14.1 Å². The van der Waals surface area contributed by atoms with E-state index in [1.807, 2.05) is 0 Å². The van der Waals surface area contributed by atoms with E-state index in [1.54, 1.807) is 0 Å². The lowest BCUT2D eigenvalue weighted by Crippen LogP contribution is -2.34. The Hall–Kier alpha value is -0.760. The molecular weight excluding hydrogens is 174 g/mol. The second-order valence-corrected chi connectivity index (χ2v) is 4.48. The quantitative estimate of drug-likeness (QED) is 0.635. The van der Waals surface area contributed by atoms with Crippen LogP contribution in [-0.4, -0.2) is 25.2 Å². The molecule has 2 rings (SSSR count). The zero-order valence-corrected chi connectivity index (χ0v) is 9.34. The zero-order valence-electron chi connectivity index (χ0n) is 9.34. The summed E-state index contributed by atoms with van der Waals surface area (Å²) in [6.07, 6.45) is 7.41. The SMILES string of the molecule is CC1=CC2=C(CCCC2)OC1N(C)C. The molecule has 0 amide bonds. The van der Waals surface area contributed by atoms with Crippen molar-refractivity contribution in [1.29, 1.82) is 0 Å². The first-order chi connectivity index (χ1) is 6.68. The van der Waals surface area contributed by atoms with Crippen LogP contribution in [0.2, 0.25) is 0 Å². The highest BCUT2D eigenvalue weighted by Gasteiger charge is 2.24. The molecule has 0 aromatic carbocycles. The maximum atomic E-state index is 6.00. The number of rotatable bonds is 1. The molecule has 1 aliphatic heterocycles. The monoisotopic (exact) mass is 193 g/mol. The van der Waals surface area contributed by atoms with Gasteiger partial charge in [0.15, 0.2) is 6.23 Å². The molecule has 0 saturated carbocycles. The highest BCUT2D eigenvalue weighted by atomic mass is 16.5. The zero-order chi connectivity index (χ0) is 10.1. The van der Waals surface area contributed by atoms with Gasteiger partial charge in [-0.05, 0) is 51.4 Å². The average molecular weight is 193 g/mol. The predicted molar refractivity (Wildman–Crippen MR) is 57.8 cm³/mol. The Morgan fingerprint density at radius 3 is 2.71 bits per heavy atom. The highest BCUT2D eigenvalue weighted by molar-refractivity contribution is 5.32. The second-order valence-electron chi connectivity index (χ2n) is 4.48. The van der Waals surface area contributed by atoms with Gasteiger partial charge in [-0.2, -0.15) is 0 Å². The van der Waals surface area contributed by atoms with E-state index >= 15 is 0 Å². The molecule has 1 heterocycles. The normalized spacial score (nSPS) is 27.1. The van der Waals surface area contributed by atoms with E-state index in [0.29, 0.717) is 0 Å². The Kier molecular flexibility index (Phi) is 2.64. The van der Waals surface area contributed by atoms with Gasteiger partial charge in [-0.15, -0.1) is 0 Å². The fourth-order valence-electron chi connectivity index (χ4n) is 2.27. The van der Waals surface area contributed by atoms with E-state index in [0.717, 1.165) is 6.42 Å². The molecule has 0 saturated heterocycles. The van der Waals surface area contributed by atoms with Crippen LogP contribution in [-0.2, 0) is 4.74 Å². The van der Waals surface area contributed by atoms with Crippen LogP contribution >= 0.6 is 0 Å². The number of ether oxygens (including phenoxy) is 1. The summed E-state index contributed by atoms with van der Waals surface area (Å²) in [7, 11) is 4.13. The Morgan fingerprint density at radius 1 is 1.29 bits per heavy atom. The Labute approximate surface area is 86.2 Å². The van der Waals surface area contributed by atoms with Crippen LogP contribution < -0.4 is 0 Å². The molecule has 1 atom stereocenters. The third-order valence-corrected chi connectivity index (χ3v) is 2.97. The van der Waals surface area contributed by atoms with E-state index < -0.39 is 0 Å². The van der Waals surface area contributed by atoms with E-state index in [9.17, 15) is 0 Å². The molecule has 0 aromatic rings. The van der Waals surface area contributed by atoms with Gasteiger partial charge in [-0.1, -0.05) is 6.08 Å². The van der Waals surface area contributed by atoms with E-state index in [1.165, 1.54) is 36.2 Å². The molecule has 0 bridgehead atoms. The van der Waals surface area contributed by atoms with Gasteiger partial charge in [0.1, 0.15) is 5.76 Å². The summed E-state index contributed by atoms with van der Waals surface area (Å²) in [6, 6.07) is 0. The summed E-state index contributed by atoms with van der Waals surface area (Å²) in [5.41, 5.74) is 2.77. The van der Waals surface area contributed by atoms with Crippen molar-refractivity contribution in [1.82, 2.24) is 4.90 Å². The molecule has 0 spiro atoms. The van der Waals surface area contributed by atoms with Crippen molar-refractivity contribution < 1.29 is 4.74 Å². The molecule has 0 radical (unpaired) electrons. The molecule has 1 unspecified atom stereocenters. The van der Waals surface area contributed by atoms with Crippen LogP contribution in [0.15, 0.2) is 23.0 Å². The van der Waals surface area contributed by atoms with Crippen molar-refractivity contribution in [3.8, 4) is 0 Å².